The van der Waals surface area contributed by atoms with Gasteiger partial charge in [0, 0.05) is 5.69 Å². The summed E-state index contributed by atoms with van der Waals surface area (Å²) in [5.41, 5.74) is 2.99. The third-order valence-corrected chi connectivity index (χ3v) is 2.64. The molecule has 1 amide bonds. The highest BCUT2D eigenvalue weighted by Gasteiger charge is 2.24. The average Bonchev–Trinajstić information content (AvgIpc) is 3.06. The maximum atomic E-state index is 11.4. The number of epoxide rings is 1. The van der Waals surface area contributed by atoms with Crippen molar-refractivity contribution in [2.24, 2.45) is 0 Å². The number of carbonyl (C=O) groups excluding carboxylic acids is 1. The van der Waals surface area contributed by atoms with Gasteiger partial charge in [0.2, 0.25) is 0 Å². The van der Waals surface area contributed by atoms with E-state index >= 15 is 0 Å². The minimum Gasteiger partial charge on any atom is -0.446 e. The normalized spacial score (nSPS) is 18.0. The Labute approximate surface area is 94.6 Å². The van der Waals surface area contributed by atoms with Gasteiger partial charge in [0.15, 0.2) is 0 Å². The Bertz CT molecular complexity index is 399. The molecular formula is C12H15NO3. The molecule has 16 heavy (non-hydrogen) atoms. The third kappa shape index (κ3) is 2.73. The van der Waals surface area contributed by atoms with Crippen LogP contribution in [0.4, 0.5) is 10.5 Å². The fraction of sp³-hybridized carbons (Fsp3) is 0.417. The predicted molar refractivity (Wildman–Crippen MR) is 60.6 cm³/mol. The minimum absolute atomic E-state index is 0.101. The van der Waals surface area contributed by atoms with E-state index in [1.165, 1.54) is 0 Å². The van der Waals surface area contributed by atoms with Gasteiger partial charge in [-0.2, -0.15) is 0 Å². The Balaban J connectivity index is 1.91. The van der Waals surface area contributed by atoms with Crippen molar-refractivity contribution in [1.82, 2.24) is 0 Å². The maximum absolute atomic E-state index is 11.4. The molecule has 1 N–H and O–H groups in total. The van der Waals surface area contributed by atoms with E-state index in [1.54, 1.807) is 0 Å². The van der Waals surface area contributed by atoms with Gasteiger partial charge in [0.05, 0.1) is 6.61 Å². The Morgan fingerprint density at radius 1 is 1.56 bits per heavy atom. The van der Waals surface area contributed by atoms with Crippen molar-refractivity contribution in [2.45, 2.75) is 20.0 Å². The molecule has 1 fully saturated rings. The molecule has 86 valence electrons. The fourth-order valence-corrected chi connectivity index (χ4v) is 1.37. The van der Waals surface area contributed by atoms with Crippen molar-refractivity contribution in [2.75, 3.05) is 18.5 Å². The van der Waals surface area contributed by atoms with Crippen molar-refractivity contribution < 1.29 is 14.3 Å². The standard InChI is InChI=1S/C12H15NO3/c1-8-4-3-5-11(9(8)2)13-12(14)16-7-10-6-15-10/h3-5,10H,6-7H2,1-2H3,(H,13,14)/t10-/m0/s1. The molecule has 1 aliphatic rings. The van der Waals surface area contributed by atoms with Gasteiger partial charge < -0.3 is 9.47 Å². The first-order chi connectivity index (χ1) is 7.66. The van der Waals surface area contributed by atoms with Crippen molar-refractivity contribution in [3.05, 3.63) is 29.3 Å². The molecule has 0 radical (unpaired) electrons. The SMILES string of the molecule is Cc1cccc(NC(=O)OC[C@@H]2CO2)c1C. The molecule has 2 rings (SSSR count). The number of carbonyl (C=O) groups is 1. The highest BCUT2D eigenvalue weighted by molar-refractivity contribution is 5.85. The monoisotopic (exact) mass is 221 g/mol. The molecule has 1 heterocycles. The molecule has 1 aliphatic heterocycles. The second kappa shape index (κ2) is 4.53. The fourth-order valence-electron chi connectivity index (χ4n) is 1.37. The molecule has 1 aromatic carbocycles. The van der Waals surface area contributed by atoms with E-state index in [0.29, 0.717) is 13.2 Å². The van der Waals surface area contributed by atoms with E-state index in [9.17, 15) is 4.79 Å². The van der Waals surface area contributed by atoms with Gasteiger partial charge in [-0.3, -0.25) is 5.32 Å². The topological polar surface area (TPSA) is 50.9 Å². The third-order valence-electron chi connectivity index (χ3n) is 2.64. The summed E-state index contributed by atoms with van der Waals surface area (Å²) >= 11 is 0. The predicted octanol–water partition coefficient (Wildman–Crippen LogP) is 2.25. The van der Waals surface area contributed by atoms with E-state index < -0.39 is 6.09 Å². The molecule has 4 heteroatoms. The van der Waals surface area contributed by atoms with Gasteiger partial charge in [-0.05, 0) is 31.0 Å². The molecule has 1 aromatic rings. The molecule has 0 aromatic heterocycles. The smallest absolute Gasteiger partial charge is 0.411 e. The number of anilines is 1. The van der Waals surface area contributed by atoms with Crippen LogP contribution in [-0.2, 0) is 9.47 Å². The molecule has 0 spiro atoms. The van der Waals surface area contributed by atoms with Crippen LogP contribution < -0.4 is 5.32 Å². The number of benzene rings is 1. The first-order valence-electron chi connectivity index (χ1n) is 5.28. The molecule has 0 aliphatic carbocycles. The molecule has 1 saturated heterocycles. The van der Waals surface area contributed by atoms with Gasteiger partial charge in [0.25, 0.3) is 0 Å². The first-order valence-corrected chi connectivity index (χ1v) is 5.28. The molecule has 0 unspecified atom stereocenters. The maximum Gasteiger partial charge on any atom is 0.411 e. The van der Waals surface area contributed by atoms with E-state index in [4.69, 9.17) is 9.47 Å². The van der Waals surface area contributed by atoms with Crippen molar-refractivity contribution in [3.63, 3.8) is 0 Å². The minimum atomic E-state index is -0.427. The average molecular weight is 221 g/mol. The van der Waals surface area contributed by atoms with Crippen LogP contribution in [-0.4, -0.2) is 25.4 Å². The number of ether oxygens (including phenoxy) is 2. The van der Waals surface area contributed by atoms with Crippen LogP contribution in [0.3, 0.4) is 0 Å². The van der Waals surface area contributed by atoms with Crippen LogP contribution in [0.15, 0.2) is 18.2 Å². The van der Waals surface area contributed by atoms with E-state index in [0.717, 1.165) is 16.8 Å². The zero-order valence-corrected chi connectivity index (χ0v) is 9.45. The summed E-state index contributed by atoms with van der Waals surface area (Å²) in [5, 5.41) is 2.72. The largest absolute Gasteiger partial charge is 0.446 e. The zero-order valence-electron chi connectivity index (χ0n) is 9.45. The number of rotatable bonds is 3. The Kier molecular flexibility index (Phi) is 3.10. The molecule has 4 nitrogen and oxygen atoms in total. The summed E-state index contributed by atoms with van der Waals surface area (Å²) in [6.07, 6.45) is -0.325. The van der Waals surface area contributed by atoms with E-state index in [-0.39, 0.29) is 6.10 Å². The van der Waals surface area contributed by atoms with Gasteiger partial charge in [-0.25, -0.2) is 4.79 Å². The number of aryl methyl sites for hydroxylation is 1. The summed E-state index contributed by atoms with van der Waals surface area (Å²) in [6.45, 7) is 4.99. The Morgan fingerprint density at radius 3 is 3.00 bits per heavy atom. The number of amides is 1. The second-order valence-electron chi connectivity index (χ2n) is 3.93. The second-order valence-corrected chi connectivity index (χ2v) is 3.93. The van der Waals surface area contributed by atoms with E-state index in [1.807, 2.05) is 32.0 Å². The van der Waals surface area contributed by atoms with Crippen LogP contribution in [0.5, 0.6) is 0 Å². The number of hydrogen-bond donors (Lipinski definition) is 1. The van der Waals surface area contributed by atoms with Crippen molar-refractivity contribution in [3.8, 4) is 0 Å². The lowest BCUT2D eigenvalue weighted by Crippen LogP contribution is -2.17. The summed E-state index contributed by atoms with van der Waals surface area (Å²) < 4.78 is 9.94. The quantitative estimate of drug-likeness (QED) is 0.796. The van der Waals surface area contributed by atoms with Crippen molar-refractivity contribution >= 4 is 11.8 Å². The lowest BCUT2D eigenvalue weighted by atomic mass is 10.1. The van der Waals surface area contributed by atoms with Gasteiger partial charge in [0.1, 0.15) is 12.7 Å². The highest BCUT2D eigenvalue weighted by atomic mass is 16.6. The first kappa shape index (κ1) is 11.0. The van der Waals surface area contributed by atoms with Gasteiger partial charge in [-0.15, -0.1) is 0 Å². The van der Waals surface area contributed by atoms with Crippen LogP contribution in [0.25, 0.3) is 0 Å². The molecular weight excluding hydrogens is 206 g/mol. The number of hydrogen-bond acceptors (Lipinski definition) is 3. The van der Waals surface area contributed by atoms with Gasteiger partial charge >= 0.3 is 6.09 Å². The number of nitrogens with one attached hydrogen (secondary N) is 1. The van der Waals surface area contributed by atoms with Crippen LogP contribution in [0.2, 0.25) is 0 Å². The highest BCUT2D eigenvalue weighted by Crippen LogP contribution is 2.18. The molecule has 0 saturated carbocycles. The summed E-state index contributed by atoms with van der Waals surface area (Å²) in [4.78, 5) is 11.4. The summed E-state index contributed by atoms with van der Waals surface area (Å²) in [5.74, 6) is 0. The summed E-state index contributed by atoms with van der Waals surface area (Å²) in [6, 6.07) is 5.77. The van der Waals surface area contributed by atoms with E-state index in [2.05, 4.69) is 5.32 Å². The van der Waals surface area contributed by atoms with Crippen LogP contribution in [0.1, 0.15) is 11.1 Å². The zero-order chi connectivity index (χ0) is 11.5. The molecule has 1 atom stereocenters. The molecule has 0 bridgehead atoms. The van der Waals surface area contributed by atoms with Gasteiger partial charge in [-0.1, -0.05) is 12.1 Å². The lowest BCUT2D eigenvalue weighted by Gasteiger charge is -2.10. The lowest BCUT2D eigenvalue weighted by molar-refractivity contribution is 0.150. The Morgan fingerprint density at radius 2 is 2.31 bits per heavy atom. The van der Waals surface area contributed by atoms with Crippen LogP contribution >= 0.6 is 0 Å². The summed E-state index contributed by atoms with van der Waals surface area (Å²) in [7, 11) is 0. The van der Waals surface area contributed by atoms with Crippen molar-refractivity contribution in [1.29, 1.82) is 0 Å². The van der Waals surface area contributed by atoms with Crippen LogP contribution in [0, 0.1) is 13.8 Å². The Hall–Kier alpha value is -1.55.